The first-order valence-corrected chi connectivity index (χ1v) is 17.3. The number of hydrogen-bond acceptors (Lipinski definition) is 8. The van der Waals surface area contributed by atoms with Gasteiger partial charge in [-0.2, -0.15) is 10.2 Å². The van der Waals surface area contributed by atoms with E-state index < -0.39 is 10.8 Å². The summed E-state index contributed by atoms with van der Waals surface area (Å²) in [6.07, 6.45) is 6.52. The number of nitrogens with zero attached hydrogens (tertiary/aromatic N) is 2. The van der Waals surface area contributed by atoms with Crippen LogP contribution in [0.1, 0.15) is 87.9 Å². The molecule has 0 aromatic heterocycles. The molecule has 48 heavy (non-hydrogen) atoms. The molecule has 10 nitrogen and oxygen atoms in total. The van der Waals surface area contributed by atoms with Crippen LogP contribution in [0, 0.1) is 10.8 Å². The lowest BCUT2D eigenvalue weighted by atomic mass is 9.75. The quantitative estimate of drug-likeness (QED) is 0.208. The summed E-state index contributed by atoms with van der Waals surface area (Å²) < 4.78 is 12.2. The van der Waals surface area contributed by atoms with Crippen LogP contribution in [-0.4, -0.2) is 48.4 Å². The fraction of sp³-hybridized carbons (Fsp3) is 0.389. The lowest BCUT2D eigenvalue weighted by Gasteiger charge is -2.31. The maximum Gasteiger partial charge on any atom is 0.317 e. The van der Waals surface area contributed by atoms with Gasteiger partial charge in [0.2, 0.25) is 0 Å². The molecule has 0 fully saturated rings. The van der Waals surface area contributed by atoms with Crippen LogP contribution in [0.15, 0.2) is 91.0 Å². The Labute approximate surface area is 298 Å². The predicted octanol–water partition coefficient (Wildman–Crippen LogP) is 7.69. The van der Waals surface area contributed by atoms with E-state index in [0.29, 0.717) is 48.6 Å². The van der Waals surface area contributed by atoms with E-state index in [1.165, 1.54) is 0 Å². The molecule has 0 heterocycles. The molecule has 0 saturated heterocycles. The van der Waals surface area contributed by atoms with Crippen molar-refractivity contribution in [3.8, 4) is 0 Å². The third-order valence-electron chi connectivity index (χ3n) is 8.16. The van der Waals surface area contributed by atoms with Gasteiger partial charge in [-0.15, -0.1) is 0 Å². The number of benzene rings is 2. The summed E-state index contributed by atoms with van der Waals surface area (Å²) in [7, 11) is 0. The maximum atomic E-state index is 12.3. The van der Waals surface area contributed by atoms with Gasteiger partial charge in [-0.25, -0.2) is 10.9 Å². The van der Waals surface area contributed by atoms with Crippen LogP contribution >= 0.6 is 31.9 Å². The van der Waals surface area contributed by atoms with Crippen molar-refractivity contribution in [1.29, 1.82) is 0 Å². The molecule has 0 bridgehead atoms. The van der Waals surface area contributed by atoms with Gasteiger partial charge in [-0.1, -0.05) is 43.0 Å². The van der Waals surface area contributed by atoms with Crippen LogP contribution in [0.25, 0.3) is 0 Å². The molecule has 2 N–H and O–H groups in total. The molecular formula is C36H42Br2N4O6. The van der Waals surface area contributed by atoms with Gasteiger partial charge in [0.25, 0.3) is 11.8 Å². The van der Waals surface area contributed by atoms with Gasteiger partial charge >= 0.3 is 11.9 Å². The largest absolute Gasteiger partial charge is 0.465 e. The average molecular weight is 787 g/mol. The fourth-order valence-corrected chi connectivity index (χ4v) is 5.47. The molecule has 2 atom stereocenters. The van der Waals surface area contributed by atoms with Crippen molar-refractivity contribution in [3.63, 3.8) is 0 Å². The van der Waals surface area contributed by atoms with Crippen molar-refractivity contribution in [2.45, 2.75) is 67.2 Å². The highest BCUT2D eigenvalue weighted by molar-refractivity contribution is 9.10. The van der Waals surface area contributed by atoms with E-state index in [-0.39, 0.29) is 23.8 Å². The van der Waals surface area contributed by atoms with Crippen molar-refractivity contribution in [1.82, 2.24) is 10.9 Å². The zero-order valence-corrected chi connectivity index (χ0v) is 31.3. The molecule has 0 radical (unpaired) electrons. The molecule has 2 aromatic carbocycles. The molecule has 2 amide bonds. The van der Waals surface area contributed by atoms with Gasteiger partial charge in [0.1, 0.15) is 10.8 Å². The normalized spacial score (nSPS) is 22.0. The Balaban J connectivity index is 0.000000260. The standard InChI is InChI=1S/2C18H21BrN2O3/c2*1-4-24-17(23)18(3)10-9-12(2)11-15(18)20-21-16(22)13-5-7-14(19)8-6-13/h2*5-8,11H,4,9-10H2,1-3H3,(H,21,22)/b2*20-15+/t2*18-/m00/s1. The van der Waals surface area contributed by atoms with Crippen molar-refractivity contribution in [2.24, 2.45) is 21.0 Å². The van der Waals surface area contributed by atoms with Crippen LogP contribution in [-0.2, 0) is 19.1 Å². The Morgan fingerprint density at radius 1 is 0.667 bits per heavy atom. The zero-order chi connectivity index (χ0) is 35.5. The lowest BCUT2D eigenvalue weighted by molar-refractivity contribution is -0.151. The van der Waals surface area contributed by atoms with E-state index in [1.54, 1.807) is 76.2 Å². The van der Waals surface area contributed by atoms with Gasteiger partial charge in [-0.05, 0) is 128 Å². The topological polar surface area (TPSA) is 136 Å². The summed E-state index contributed by atoms with van der Waals surface area (Å²) in [5.41, 5.74) is 7.67. The number of hydrogen-bond donors (Lipinski definition) is 2. The van der Waals surface area contributed by atoms with Crippen LogP contribution < -0.4 is 10.9 Å². The first-order valence-electron chi connectivity index (χ1n) is 15.7. The molecule has 12 heteroatoms. The average Bonchev–Trinajstić information content (AvgIpc) is 3.06. The summed E-state index contributed by atoms with van der Waals surface area (Å²) in [5.74, 6) is -1.27. The Bertz CT molecular complexity index is 1510. The zero-order valence-electron chi connectivity index (χ0n) is 28.1. The number of halogens is 2. The van der Waals surface area contributed by atoms with Crippen molar-refractivity contribution < 1.29 is 28.7 Å². The van der Waals surface area contributed by atoms with E-state index in [1.807, 2.05) is 26.0 Å². The molecule has 0 saturated carbocycles. The van der Waals surface area contributed by atoms with Crippen molar-refractivity contribution in [3.05, 3.63) is 91.9 Å². The van der Waals surface area contributed by atoms with Gasteiger partial charge in [0, 0.05) is 20.1 Å². The molecule has 0 aliphatic heterocycles. The maximum absolute atomic E-state index is 12.3. The minimum atomic E-state index is -0.845. The first-order chi connectivity index (χ1) is 22.7. The Hall–Kier alpha value is -3.90. The van der Waals surface area contributed by atoms with E-state index in [9.17, 15) is 19.2 Å². The second-order valence-corrected chi connectivity index (χ2v) is 13.8. The predicted molar refractivity (Wildman–Crippen MR) is 194 cm³/mol. The number of allylic oxidation sites excluding steroid dienone is 4. The van der Waals surface area contributed by atoms with E-state index in [4.69, 9.17) is 9.47 Å². The molecule has 2 aromatic rings. The van der Waals surface area contributed by atoms with Crippen LogP contribution in [0.3, 0.4) is 0 Å². The number of amides is 2. The minimum Gasteiger partial charge on any atom is -0.465 e. The monoisotopic (exact) mass is 784 g/mol. The number of rotatable bonds is 8. The number of hydrazone groups is 2. The third kappa shape index (κ3) is 10.1. The summed E-state index contributed by atoms with van der Waals surface area (Å²) >= 11 is 6.66. The molecule has 256 valence electrons. The fourth-order valence-electron chi connectivity index (χ4n) is 4.94. The summed E-state index contributed by atoms with van der Waals surface area (Å²) in [5, 5.41) is 8.43. The van der Waals surface area contributed by atoms with Crippen LogP contribution in [0.5, 0.6) is 0 Å². The summed E-state index contributed by atoms with van der Waals surface area (Å²) in [6.45, 7) is 11.8. The SMILES string of the molecule is CCOC(=O)[C@@]1(C)CCC(C)=C/C1=N\NC(=O)c1ccc(Br)cc1.CCOC(=O)[C@@]1(C)CCC(C)=C/C1=N\NC(=O)c1ccc(Br)cc1. The molecule has 0 spiro atoms. The molecule has 4 rings (SSSR count). The van der Waals surface area contributed by atoms with Crippen molar-refractivity contribution >= 4 is 67.0 Å². The number of esters is 2. The number of ether oxygens (including phenoxy) is 2. The summed E-state index contributed by atoms with van der Waals surface area (Å²) in [4.78, 5) is 49.1. The Kier molecular flexibility index (Phi) is 14.0. The smallest absolute Gasteiger partial charge is 0.317 e. The highest BCUT2D eigenvalue weighted by Crippen LogP contribution is 2.35. The molecule has 2 aliphatic rings. The van der Waals surface area contributed by atoms with E-state index >= 15 is 0 Å². The van der Waals surface area contributed by atoms with Crippen molar-refractivity contribution in [2.75, 3.05) is 13.2 Å². The van der Waals surface area contributed by atoms with Gasteiger partial charge in [0.05, 0.1) is 24.6 Å². The van der Waals surface area contributed by atoms with Gasteiger partial charge in [-0.3, -0.25) is 19.2 Å². The van der Waals surface area contributed by atoms with Crippen LogP contribution in [0.2, 0.25) is 0 Å². The molecule has 0 unspecified atom stereocenters. The first kappa shape index (κ1) is 38.5. The minimum absolute atomic E-state index is 0.314. The number of carbonyl (C=O) groups excluding carboxylic acids is 4. The highest BCUT2D eigenvalue weighted by Gasteiger charge is 2.42. The second kappa shape index (κ2) is 17.5. The number of nitrogens with one attached hydrogen (secondary N) is 2. The number of carbonyl (C=O) groups is 4. The van der Waals surface area contributed by atoms with E-state index in [0.717, 1.165) is 32.9 Å². The van der Waals surface area contributed by atoms with Gasteiger partial charge < -0.3 is 9.47 Å². The molecule has 2 aliphatic carbocycles. The van der Waals surface area contributed by atoms with E-state index in [2.05, 4.69) is 52.9 Å². The van der Waals surface area contributed by atoms with Crippen LogP contribution in [0.4, 0.5) is 0 Å². The Morgan fingerprint density at radius 3 is 1.31 bits per heavy atom. The third-order valence-corrected chi connectivity index (χ3v) is 9.21. The lowest BCUT2D eigenvalue weighted by Crippen LogP contribution is -2.40. The second-order valence-electron chi connectivity index (χ2n) is 12.0. The van der Waals surface area contributed by atoms with Gasteiger partial charge in [0.15, 0.2) is 0 Å². The highest BCUT2D eigenvalue weighted by atomic mass is 79.9. The Morgan fingerprint density at radius 2 is 1.00 bits per heavy atom. The summed E-state index contributed by atoms with van der Waals surface area (Å²) in [6, 6.07) is 14.0. The molecular weight excluding hydrogens is 744 g/mol.